The number of hydrogen-bond acceptors (Lipinski definition) is 2. The summed E-state index contributed by atoms with van der Waals surface area (Å²) < 4.78 is 6.03. The molecule has 0 fully saturated rings. The summed E-state index contributed by atoms with van der Waals surface area (Å²) in [5.74, 6) is 0. The summed E-state index contributed by atoms with van der Waals surface area (Å²) in [6.45, 7) is 16.8. The highest BCUT2D eigenvalue weighted by Crippen LogP contribution is 2.36. The number of allylic oxidation sites excluding steroid dienone is 2. The minimum atomic E-state index is -1.50. The van der Waals surface area contributed by atoms with E-state index in [1.165, 1.54) is 0 Å². The fraction of sp³-hybridized carbons (Fsp3) is 0.778. The number of hydrogen-bond donors (Lipinski definition) is 1. The van der Waals surface area contributed by atoms with E-state index in [2.05, 4.69) is 65.9 Å². The van der Waals surface area contributed by atoms with Crippen molar-refractivity contribution in [1.29, 1.82) is 0 Å². The van der Waals surface area contributed by atoms with Crippen LogP contribution in [0.5, 0.6) is 0 Å². The van der Waals surface area contributed by atoms with Crippen LogP contribution in [0.3, 0.4) is 0 Å². The lowest BCUT2D eigenvalue weighted by Gasteiger charge is -2.36. The van der Waals surface area contributed by atoms with Crippen LogP contribution in [0, 0.1) is 0 Å². The third-order valence-corrected chi connectivity index (χ3v) is 8.19. The van der Waals surface area contributed by atoms with Crippen LogP contribution in [0.25, 0.3) is 0 Å². The second-order valence-corrected chi connectivity index (χ2v) is 11.5. The number of aliphatic hydroxyl groups excluding tert-OH is 1. The summed E-state index contributed by atoms with van der Waals surface area (Å²) in [4.78, 5) is 0. The van der Waals surface area contributed by atoms with Crippen molar-refractivity contribution in [3.8, 4) is 0 Å². The lowest BCUT2D eigenvalue weighted by Crippen LogP contribution is -2.40. The van der Waals surface area contributed by atoms with Crippen molar-refractivity contribution < 1.29 is 9.53 Å². The highest BCUT2D eigenvalue weighted by Gasteiger charge is 2.36. The molecule has 1 N–H and O–H groups in total. The molecule has 0 aromatic rings. The van der Waals surface area contributed by atoms with Gasteiger partial charge in [0.1, 0.15) is 0 Å². The molecule has 0 unspecified atom stereocenters. The fourth-order valence-electron chi connectivity index (χ4n) is 1.24. The molecule has 126 valence electrons. The summed E-state index contributed by atoms with van der Waals surface area (Å²) in [6, 6.07) is 0. The van der Waals surface area contributed by atoms with Gasteiger partial charge in [-0.3, -0.25) is 0 Å². The van der Waals surface area contributed by atoms with Gasteiger partial charge in [-0.25, -0.2) is 0 Å². The molecule has 0 aromatic heterocycles. The Hall–Kier alpha value is -0.383. The Kier molecular flexibility index (Phi) is 14.5. The molecule has 21 heavy (non-hydrogen) atoms. The van der Waals surface area contributed by atoms with Crippen LogP contribution in [0.4, 0.5) is 0 Å². The first kappa shape index (κ1) is 22.9. The summed E-state index contributed by atoms with van der Waals surface area (Å²) in [7, 11) is -1.50. The predicted octanol–water partition coefficient (Wildman–Crippen LogP) is 5.70. The van der Waals surface area contributed by atoms with E-state index in [0.29, 0.717) is 5.04 Å². The predicted molar refractivity (Wildman–Crippen MR) is 98.3 cm³/mol. The zero-order chi connectivity index (χ0) is 16.8. The standard InChI is InChI=1S/C12H26OSi.C6H12O/c1-7-8-9-10-11-13-14(5,6)12(2,3)4;1-2-3-4-5-6-7/h8-9H,7,10-11H2,1-6H3;3-4,7H,2,5-6H2,1H3/b9-8+;4-3+. The lowest BCUT2D eigenvalue weighted by atomic mass is 10.2. The van der Waals surface area contributed by atoms with Crippen LogP contribution in [0.15, 0.2) is 24.3 Å². The molecule has 0 rings (SSSR count). The van der Waals surface area contributed by atoms with Crippen LogP contribution in [0.1, 0.15) is 60.3 Å². The largest absolute Gasteiger partial charge is 0.417 e. The molecule has 2 nitrogen and oxygen atoms in total. The molecule has 0 aromatic carbocycles. The molecule has 0 saturated heterocycles. The maximum absolute atomic E-state index is 8.24. The van der Waals surface area contributed by atoms with Gasteiger partial charge in [-0.1, -0.05) is 58.9 Å². The van der Waals surface area contributed by atoms with Crippen LogP contribution in [0.2, 0.25) is 18.1 Å². The summed E-state index contributed by atoms with van der Waals surface area (Å²) in [5, 5.41) is 8.58. The van der Waals surface area contributed by atoms with Gasteiger partial charge in [0.25, 0.3) is 0 Å². The zero-order valence-corrected chi connectivity index (χ0v) is 16.4. The Bertz CT molecular complexity index is 275. The van der Waals surface area contributed by atoms with Crippen molar-refractivity contribution >= 4 is 8.32 Å². The molecule has 0 amide bonds. The Balaban J connectivity index is 0. The molecule has 0 spiro atoms. The lowest BCUT2D eigenvalue weighted by molar-refractivity contribution is 0.294. The van der Waals surface area contributed by atoms with E-state index >= 15 is 0 Å². The first-order valence-electron chi connectivity index (χ1n) is 8.27. The summed E-state index contributed by atoms with van der Waals surface area (Å²) in [6.07, 6.45) is 12.5. The topological polar surface area (TPSA) is 29.5 Å². The molecule has 0 aliphatic rings. The van der Waals surface area contributed by atoms with Crippen molar-refractivity contribution in [3.63, 3.8) is 0 Å². The Labute approximate surface area is 134 Å². The summed E-state index contributed by atoms with van der Waals surface area (Å²) in [5.41, 5.74) is 0. The third kappa shape index (κ3) is 14.3. The molecule has 0 aliphatic heterocycles. The molecule has 0 saturated carbocycles. The minimum absolute atomic E-state index is 0.274. The third-order valence-electron chi connectivity index (χ3n) is 3.65. The Morgan fingerprint density at radius 1 is 0.905 bits per heavy atom. The highest BCUT2D eigenvalue weighted by molar-refractivity contribution is 6.74. The van der Waals surface area contributed by atoms with Crippen LogP contribution in [-0.2, 0) is 4.43 Å². The van der Waals surface area contributed by atoms with Gasteiger partial charge < -0.3 is 9.53 Å². The molecule has 3 heteroatoms. The highest BCUT2D eigenvalue weighted by atomic mass is 28.4. The summed E-state index contributed by atoms with van der Waals surface area (Å²) >= 11 is 0. The Morgan fingerprint density at radius 2 is 1.38 bits per heavy atom. The van der Waals surface area contributed by atoms with Gasteiger partial charge in [-0.2, -0.15) is 0 Å². The van der Waals surface area contributed by atoms with E-state index in [9.17, 15) is 0 Å². The van der Waals surface area contributed by atoms with E-state index in [1.807, 2.05) is 6.08 Å². The van der Waals surface area contributed by atoms with E-state index < -0.39 is 8.32 Å². The zero-order valence-electron chi connectivity index (χ0n) is 15.4. The normalized spacial score (nSPS) is 12.8. The van der Waals surface area contributed by atoms with Crippen molar-refractivity contribution in [3.05, 3.63) is 24.3 Å². The van der Waals surface area contributed by atoms with Crippen LogP contribution in [-0.4, -0.2) is 26.6 Å². The van der Waals surface area contributed by atoms with E-state index in [4.69, 9.17) is 9.53 Å². The molecule has 0 bridgehead atoms. The minimum Gasteiger partial charge on any atom is -0.417 e. The molecular formula is C18H38O2Si. The first-order chi connectivity index (χ1) is 9.72. The monoisotopic (exact) mass is 314 g/mol. The van der Waals surface area contributed by atoms with E-state index in [0.717, 1.165) is 32.3 Å². The van der Waals surface area contributed by atoms with Gasteiger partial charge >= 0.3 is 0 Å². The van der Waals surface area contributed by atoms with Crippen molar-refractivity contribution in [2.45, 2.75) is 78.4 Å². The first-order valence-corrected chi connectivity index (χ1v) is 11.2. The van der Waals surface area contributed by atoms with Gasteiger partial charge in [-0.05, 0) is 43.8 Å². The van der Waals surface area contributed by atoms with Crippen molar-refractivity contribution in [2.75, 3.05) is 13.2 Å². The van der Waals surface area contributed by atoms with Crippen molar-refractivity contribution in [1.82, 2.24) is 0 Å². The maximum atomic E-state index is 8.24. The fourth-order valence-corrected chi connectivity index (χ4v) is 2.30. The Morgan fingerprint density at radius 3 is 1.76 bits per heavy atom. The molecular weight excluding hydrogens is 276 g/mol. The molecule has 0 atom stereocenters. The van der Waals surface area contributed by atoms with Gasteiger partial charge in [0.2, 0.25) is 0 Å². The van der Waals surface area contributed by atoms with Gasteiger partial charge in [-0.15, -0.1) is 0 Å². The van der Waals surface area contributed by atoms with Crippen molar-refractivity contribution in [2.24, 2.45) is 0 Å². The second kappa shape index (κ2) is 13.3. The van der Waals surface area contributed by atoms with Gasteiger partial charge in [0.15, 0.2) is 8.32 Å². The SMILES string of the molecule is CC/C=C/CCO.CC/C=C/CCO[Si](C)(C)C(C)(C)C. The molecule has 0 radical (unpaired) electrons. The smallest absolute Gasteiger partial charge is 0.191 e. The maximum Gasteiger partial charge on any atom is 0.191 e. The molecule has 0 aliphatic carbocycles. The number of aliphatic hydroxyl groups is 1. The second-order valence-electron chi connectivity index (χ2n) is 6.67. The average molecular weight is 315 g/mol. The van der Waals surface area contributed by atoms with Crippen LogP contribution < -0.4 is 0 Å². The van der Waals surface area contributed by atoms with Gasteiger partial charge in [0, 0.05) is 13.2 Å². The average Bonchev–Trinajstić information content (AvgIpc) is 2.38. The molecule has 0 heterocycles. The van der Waals surface area contributed by atoms with Gasteiger partial charge in [0.05, 0.1) is 0 Å². The van der Waals surface area contributed by atoms with Crippen LogP contribution >= 0.6 is 0 Å². The quantitative estimate of drug-likeness (QED) is 0.354. The van der Waals surface area contributed by atoms with E-state index in [1.54, 1.807) is 0 Å². The number of rotatable bonds is 8. The van der Waals surface area contributed by atoms with E-state index in [-0.39, 0.29) is 6.61 Å².